The number of nitrogens with one attached hydrogen (secondary N) is 1. The lowest BCUT2D eigenvalue weighted by Crippen LogP contribution is -2.07. The lowest BCUT2D eigenvalue weighted by atomic mass is 10.2. The highest BCUT2D eigenvalue weighted by atomic mass is 79.9. The molecule has 0 aliphatic carbocycles. The van der Waals surface area contributed by atoms with Crippen molar-refractivity contribution in [3.63, 3.8) is 0 Å². The van der Waals surface area contributed by atoms with Gasteiger partial charge in [-0.3, -0.25) is 4.79 Å². The molecule has 0 bridgehead atoms. The van der Waals surface area contributed by atoms with E-state index in [1.807, 2.05) is 12.1 Å². The average molecular weight is 322 g/mol. The molecule has 0 aliphatic heterocycles. The van der Waals surface area contributed by atoms with E-state index in [1.165, 1.54) is 17.8 Å². The SMILES string of the molecule is Cc1cc(=O)[nH]c(Sc2ccc(C#N)c(Br)c2)n1. The lowest BCUT2D eigenvalue weighted by Gasteiger charge is -2.03. The second-order valence-corrected chi connectivity index (χ2v) is 5.46. The van der Waals surface area contributed by atoms with Gasteiger partial charge in [-0.1, -0.05) is 11.8 Å². The Bertz CT molecular complexity index is 690. The minimum Gasteiger partial charge on any atom is -0.301 e. The Morgan fingerprint density at radius 2 is 2.22 bits per heavy atom. The highest BCUT2D eigenvalue weighted by Gasteiger charge is 2.04. The highest BCUT2D eigenvalue weighted by molar-refractivity contribution is 9.10. The molecule has 2 aromatic rings. The molecule has 0 fully saturated rings. The number of H-pyrrole nitrogens is 1. The van der Waals surface area contributed by atoms with Crippen LogP contribution in [-0.4, -0.2) is 9.97 Å². The van der Waals surface area contributed by atoms with Crippen molar-refractivity contribution in [1.29, 1.82) is 5.26 Å². The largest absolute Gasteiger partial charge is 0.301 e. The van der Waals surface area contributed by atoms with Gasteiger partial charge < -0.3 is 4.98 Å². The third-order valence-electron chi connectivity index (χ3n) is 2.12. The number of nitriles is 1. The predicted octanol–water partition coefficient (Wildman–Crippen LogP) is 2.86. The Kier molecular flexibility index (Phi) is 3.84. The van der Waals surface area contributed by atoms with Crippen molar-refractivity contribution in [2.24, 2.45) is 0 Å². The van der Waals surface area contributed by atoms with E-state index < -0.39 is 0 Å². The predicted molar refractivity (Wildman–Crippen MR) is 72.6 cm³/mol. The number of aryl methyl sites for hydroxylation is 1. The van der Waals surface area contributed by atoms with Gasteiger partial charge >= 0.3 is 0 Å². The van der Waals surface area contributed by atoms with Crippen molar-refractivity contribution in [3.8, 4) is 6.07 Å². The first-order chi connectivity index (χ1) is 8.58. The van der Waals surface area contributed by atoms with Crippen LogP contribution in [0.2, 0.25) is 0 Å². The van der Waals surface area contributed by atoms with Gasteiger partial charge in [0.15, 0.2) is 5.16 Å². The molecule has 0 atom stereocenters. The van der Waals surface area contributed by atoms with Gasteiger partial charge in [0, 0.05) is 21.1 Å². The van der Waals surface area contributed by atoms with Gasteiger partial charge in [0.05, 0.1) is 5.56 Å². The van der Waals surface area contributed by atoms with Gasteiger partial charge in [-0.25, -0.2) is 4.98 Å². The van der Waals surface area contributed by atoms with Gasteiger partial charge in [0.2, 0.25) is 0 Å². The fourth-order valence-electron chi connectivity index (χ4n) is 1.36. The second-order valence-electron chi connectivity index (χ2n) is 3.55. The fraction of sp³-hybridized carbons (Fsp3) is 0.0833. The van der Waals surface area contributed by atoms with Gasteiger partial charge in [-0.15, -0.1) is 0 Å². The van der Waals surface area contributed by atoms with Crippen LogP contribution in [0.1, 0.15) is 11.3 Å². The number of aromatic nitrogens is 2. The van der Waals surface area contributed by atoms with Crippen LogP contribution >= 0.6 is 27.7 Å². The van der Waals surface area contributed by atoms with Crippen molar-refractivity contribution in [1.82, 2.24) is 9.97 Å². The maximum Gasteiger partial charge on any atom is 0.251 e. The van der Waals surface area contributed by atoms with Crippen molar-refractivity contribution < 1.29 is 0 Å². The van der Waals surface area contributed by atoms with Gasteiger partial charge in [0.25, 0.3) is 5.56 Å². The van der Waals surface area contributed by atoms with Crippen molar-refractivity contribution in [2.45, 2.75) is 17.0 Å². The molecule has 1 aromatic heterocycles. The van der Waals surface area contributed by atoms with E-state index >= 15 is 0 Å². The normalized spacial score (nSPS) is 10.1. The molecule has 0 unspecified atom stereocenters. The molecule has 0 saturated heterocycles. The number of hydrogen-bond donors (Lipinski definition) is 1. The minimum absolute atomic E-state index is 0.169. The van der Waals surface area contributed by atoms with Crippen molar-refractivity contribution in [3.05, 3.63) is 50.3 Å². The van der Waals surface area contributed by atoms with Crippen LogP contribution in [0.4, 0.5) is 0 Å². The molecule has 6 heteroatoms. The maximum atomic E-state index is 11.3. The van der Waals surface area contributed by atoms with Gasteiger partial charge in [-0.2, -0.15) is 5.26 Å². The molecule has 90 valence electrons. The number of halogens is 1. The molecular formula is C12H8BrN3OS. The molecule has 18 heavy (non-hydrogen) atoms. The van der Waals surface area contributed by atoms with Gasteiger partial charge in [0.1, 0.15) is 6.07 Å². The molecule has 0 spiro atoms. The monoisotopic (exact) mass is 321 g/mol. The molecule has 0 radical (unpaired) electrons. The van der Waals surface area contributed by atoms with E-state index in [0.29, 0.717) is 16.4 Å². The van der Waals surface area contributed by atoms with Crippen LogP contribution in [-0.2, 0) is 0 Å². The number of aromatic amines is 1. The van der Waals surface area contributed by atoms with Crippen LogP contribution in [0, 0.1) is 18.3 Å². The molecule has 1 aromatic carbocycles. The van der Waals surface area contributed by atoms with Crippen LogP contribution in [0.15, 0.2) is 43.6 Å². The van der Waals surface area contributed by atoms with Crippen molar-refractivity contribution >= 4 is 27.7 Å². The summed E-state index contributed by atoms with van der Waals surface area (Å²) in [5, 5.41) is 9.36. The number of hydrogen-bond acceptors (Lipinski definition) is 4. The Morgan fingerprint density at radius 3 is 2.83 bits per heavy atom. The molecule has 1 N–H and O–H groups in total. The first-order valence-electron chi connectivity index (χ1n) is 5.04. The number of rotatable bonds is 2. The molecular weight excluding hydrogens is 314 g/mol. The lowest BCUT2D eigenvalue weighted by molar-refractivity contribution is 0.905. The first kappa shape index (κ1) is 12.9. The van der Waals surface area contributed by atoms with E-state index in [1.54, 1.807) is 13.0 Å². The summed E-state index contributed by atoms with van der Waals surface area (Å²) >= 11 is 4.66. The number of nitrogens with zero attached hydrogens (tertiary/aromatic N) is 2. The van der Waals surface area contributed by atoms with E-state index in [2.05, 4.69) is 32.0 Å². The van der Waals surface area contributed by atoms with E-state index in [0.717, 1.165) is 9.37 Å². The van der Waals surface area contributed by atoms with Crippen LogP contribution in [0.3, 0.4) is 0 Å². The molecule has 4 nitrogen and oxygen atoms in total. The van der Waals surface area contributed by atoms with E-state index in [9.17, 15) is 4.79 Å². The third kappa shape index (κ3) is 3.00. The summed E-state index contributed by atoms with van der Waals surface area (Å²) in [4.78, 5) is 19.1. The zero-order valence-electron chi connectivity index (χ0n) is 9.40. The Hall–Kier alpha value is -1.58. The zero-order valence-corrected chi connectivity index (χ0v) is 11.8. The summed E-state index contributed by atoms with van der Waals surface area (Å²) < 4.78 is 0.727. The minimum atomic E-state index is -0.169. The average Bonchev–Trinajstić information content (AvgIpc) is 2.27. The van der Waals surface area contributed by atoms with E-state index in [-0.39, 0.29) is 5.56 Å². The Labute approximate surface area is 116 Å². The first-order valence-corrected chi connectivity index (χ1v) is 6.65. The van der Waals surface area contributed by atoms with Crippen LogP contribution in [0.25, 0.3) is 0 Å². The number of benzene rings is 1. The summed E-state index contributed by atoms with van der Waals surface area (Å²) in [7, 11) is 0. The van der Waals surface area contributed by atoms with Crippen LogP contribution < -0.4 is 5.56 Å². The molecule has 0 amide bonds. The summed E-state index contributed by atoms with van der Waals surface area (Å²) in [5.41, 5.74) is 1.08. The maximum absolute atomic E-state index is 11.3. The molecule has 0 aliphatic rings. The van der Waals surface area contributed by atoms with E-state index in [4.69, 9.17) is 5.26 Å². The topological polar surface area (TPSA) is 69.5 Å². The standard InChI is InChI=1S/C12H8BrN3OS/c1-7-4-11(17)16-12(15-7)18-9-3-2-8(6-14)10(13)5-9/h2-5H,1H3,(H,15,16,17). The quantitative estimate of drug-likeness (QED) is 0.863. The third-order valence-corrected chi connectivity index (χ3v) is 3.66. The smallest absolute Gasteiger partial charge is 0.251 e. The molecule has 0 saturated carbocycles. The molecule has 2 rings (SSSR count). The van der Waals surface area contributed by atoms with Crippen LogP contribution in [0.5, 0.6) is 0 Å². The molecule has 1 heterocycles. The second kappa shape index (κ2) is 5.38. The summed E-state index contributed by atoms with van der Waals surface area (Å²) in [6, 6.07) is 8.88. The fourth-order valence-corrected chi connectivity index (χ4v) is 2.86. The van der Waals surface area contributed by atoms with Gasteiger partial charge in [-0.05, 0) is 41.1 Å². The zero-order chi connectivity index (χ0) is 13.1. The summed E-state index contributed by atoms with van der Waals surface area (Å²) in [6.45, 7) is 1.77. The highest BCUT2D eigenvalue weighted by Crippen LogP contribution is 2.28. The summed E-state index contributed by atoms with van der Waals surface area (Å²) in [6.07, 6.45) is 0. The Morgan fingerprint density at radius 1 is 1.44 bits per heavy atom. The summed E-state index contributed by atoms with van der Waals surface area (Å²) in [5.74, 6) is 0. The van der Waals surface area contributed by atoms with Crippen molar-refractivity contribution in [2.75, 3.05) is 0 Å². The Balaban J connectivity index is 2.32.